The molecule has 14 heteroatoms. The van der Waals surface area contributed by atoms with E-state index in [1.165, 1.54) is 11.8 Å². The van der Waals surface area contributed by atoms with Crippen LogP contribution in [0, 0.1) is 18.6 Å². The second kappa shape index (κ2) is 12.9. The largest absolute Gasteiger partial charge is 0.491 e. The number of fused-ring (bicyclic) bond motifs is 2. The highest BCUT2D eigenvalue weighted by Crippen LogP contribution is 2.34. The standard InChI is InChI=1S/C33H34F2N8O4/c1-19-36-11-10-28(37-19)39-30-23-16-42(32(44)47-33(2,3)4)18-26(23)38-31(40-30)29-21-8-6-7-9-27(21)43(41-29)17-22-24(34)14-20(15-25(22)35)46-13-12-45-5/h6-11,14-15H,12-13,16-18H2,1-5H3,(H,36,37,38,39,40). The average molecular weight is 645 g/mol. The van der Waals surface area contributed by atoms with E-state index >= 15 is 8.78 Å². The number of carbonyl (C=O) groups is 1. The number of anilines is 2. The normalized spacial score (nSPS) is 12.8. The first-order chi connectivity index (χ1) is 22.5. The summed E-state index contributed by atoms with van der Waals surface area (Å²) in [6.45, 7) is 7.85. The smallest absolute Gasteiger partial charge is 0.410 e. The number of para-hydroxylation sites is 1. The molecule has 12 nitrogen and oxygen atoms in total. The summed E-state index contributed by atoms with van der Waals surface area (Å²) >= 11 is 0. The Morgan fingerprint density at radius 2 is 1.79 bits per heavy atom. The summed E-state index contributed by atoms with van der Waals surface area (Å²) in [5.41, 5.74) is 1.49. The molecule has 244 valence electrons. The number of ether oxygens (including phenoxy) is 3. The lowest BCUT2D eigenvalue weighted by Crippen LogP contribution is -2.33. The second-order valence-corrected chi connectivity index (χ2v) is 12.0. The van der Waals surface area contributed by atoms with E-state index in [0.29, 0.717) is 45.3 Å². The zero-order valence-electron chi connectivity index (χ0n) is 26.7. The van der Waals surface area contributed by atoms with E-state index in [-0.39, 0.29) is 50.0 Å². The van der Waals surface area contributed by atoms with Gasteiger partial charge in [-0.15, -0.1) is 0 Å². The van der Waals surface area contributed by atoms with Gasteiger partial charge >= 0.3 is 6.09 Å². The first kappa shape index (κ1) is 31.7. The van der Waals surface area contributed by atoms with Crippen LogP contribution in [-0.4, -0.2) is 66.6 Å². The van der Waals surface area contributed by atoms with Crippen molar-refractivity contribution in [2.24, 2.45) is 0 Å². The molecule has 0 saturated heterocycles. The first-order valence-corrected chi connectivity index (χ1v) is 15.0. The van der Waals surface area contributed by atoms with Crippen LogP contribution in [0.1, 0.15) is 43.4 Å². The predicted molar refractivity (Wildman–Crippen MR) is 169 cm³/mol. The molecule has 0 fully saturated rings. The van der Waals surface area contributed by atoms with Crippen molar-refractivity contribution in [3.05, 3.63) is 82.9 Å². The van der Waals surface area contributed by atoms with Crippen molar-refractivity contribution in [3.8, 4) is 17.3 Å². The van der Waals surface area contributed by atoms with E-state index in [4.69, 9.17) is 29.3 Å². The second-order valence-electron chi connectivity index (χ2n) is 12.0. The van der Waals surface area contributed by atoms with Crippen molar-refractivity contribution in [2.45, 2.75) is 52.9 Å². The Morgan fingerprint density at radius 3 is 2.51 bits per heavy atom. The van der Waals surface area contributed by atoms with Crippen LogP contribution in [0.15, 0.2) is 48.7 Å². The van der Waals surface area contributed by atoms with Gasteiger partial charge < -0.3 is 19.5 Å². The molecule has 1 aliphatic heterocycles. The Kier molecular flexibility index (Phi) is 8.69. The van der Waals surface area contributed by atoms with E-state index < -0.39 is 23.3 Å². The van der Waals surface area contributed by atoms with Crippen molar-refractivity contribution in [1.82, 2.24) is 34.6 Å². The molecule has 0 bridgehead atoms. The van der Waals surface area contributed by atoms with E-state index in [2.05, 4.69) is 15.3 Å². The molecule has 0 unspecified atom stereocenters. The molecular formula is C33H34F2N8O4. The van der Waals surface area contributed by atoms with Gasteiger partial charge in [-0.3, -0.25) is 9.58 Å². The molecule has 1 aliphatic rings. The summed E-state index contributed by atoms with van der Waals surface area (Å²) in [5, 5.41) is 8.70. The molecule has 47 heavy (non-hydrogen) atoms. The number of rotatable bonds is 9. The summed E-state index contributed by atoms with van der Waals surface area (Å²) in [5.74, 6) is 0.320. The molecule has 0 spiro atoms. The van der Waals surface area contributed by atoms with Crippen LogP contribution in [0.2, 0.25) is 0 Å². The molecule has 4 heterocycles. The SMILES string of the molecule is COCCOc1cc(F)c(Cn2nc(-c3nc4c(c(Nc5ccnc(C)n5)n3)CN(C(=O)OC(C)(C)C)C4)c3ccccc32)c(F)c1. The molecule has 3 aromatic heterocycles. The first-order valence-electron chi connectivity index (χ1n) is 15.0. The number of nitrogens with one attached hydrogen (secondary N) is 1. The van der Waals surface area contributed by atoms with Gasteiger partial charge in [-0.2, -0.15) is 5.10 Å². The lowest BCUT2D eigenvalue weighted by Gasteiger charge is -2.24. The maximum Gasteiger partial charge on any atom is 0.410 e. The topological polar surface area (TPSA) is 129 Å². The minimum atomic E-state index is -0.763. The monoisotopic (exact) mass is 644 g/mol. The molecule has 0 atom stereocenters. The number of nitrogens with zero attached hydrogens (tertiary/aromatic N) is 7. The maximum absolute atomic E-state index is 15.2. The maximum atomic E-state index is 15.2. The number of benzene rings is 2. The van der Waals surface area contributed by atoms with Gasteiger partial charge in [0.2, 0.25) is 0 Å². The van der Waals surface area contributed by atoms with Gasteiger partial charge in [0, 0.05) is 42.0 Å². The summed E-state index contributed by atoms with van der Waals surface area (Å²) < 4.78 is 47.9. The molecule has 0 radical (unpaired) electrons. The van der Waals surface area contributed by atoms with Gasteiger partial charge in [-0.05, 0) is 39.8 Å². The average Bonchev–Trinajstić information content (AvgIpc) is 3.61. The number of aromatic nitrogens is 6. The van der Waals surface area contributed by atoms with Crippen LogP contribution >= 0.6 is 0 Å². The molecule has 5 aromatic rings. The van der Waals surface area contributed by atoms with Crippen LogP contribution in [0.5, 0.6) is 5.75 Å². The summed E-state index contributed by atoms with van der Waals surface area (Å²) in [6, 6.07) is 11.3. The van der Waals surface area contributed by atoms with Gasteiger partial charge in [0.05, 0.1) is 37.5 Å². The Morgan fingerprint density at radius 1 is 1.02 bits per heavy atom. The highest BCUT2D eigenvalue weighted by molar-refractivity contribution is 5.92. The number of hydrogen-bond donors (Lipinski definition) is 1. The fourth-order valence-electron chi connectivity index (χ4n) is 5.19. The van der Waals surface area contributed by atoms with E-state index in [1.54, 1.807) is 44.9 Å². The van der Waals surface area contributed by atoms with Gasteiger partial charge in [0.25, 0.3) is 0 Å². The lowest BCUT2D eigenvalue weighted by molar-refractivity contribution is 0.0241. The number of amides is 1. The zero-order chi connectivity index (χ0) is 33.3. The Hall–Kier alpha value is -5.24. The number of halogens is 2. The molecule has 1 amide bonds. The Balaban J connectivity index is 1.39. The fourth-order valence-corrected chi connectivity index (χ4v) is 5.19. The number of aryl methyl sites for hydroxylation is 1. The summed E-state index contributed by atoms with van der Waals surface area (Å²) in [7, 11) is 1.51. The van der Waals surface area contributed by atoms with E-state index in [9.17, 15) is 4.79 Å². The van der Waals surface area contributed by atoms with Crippen LogP contribution in [0.25, 0.3) is 22.4 Å². The van der Waals surface area contributed by atoms with Crippen LogP contribution in [0.4, 0.5) is 25.2 Å². The van der Waals surface area contributed by atoms with Crippen molar-refractivity contribution < 1.29 is 27.8 Å². The summed E-state index contributed by atoms with van der Waals surface area (Å²) in [4.78, 5) is 32.9. The number of methoxy groups -OCH3 is 1. The third kappa shape index (κ3) is 6.97. The van der Waals surface area contributed by atoms with E-state index in [1.807, 2.05) is 24.3 Å². The van der Waals surface area contributed by atoms with Gasteiger partial charge in [0.15, 0.2) is 5.82 Å². The minimum Gasteiger partial charge on any atom is -0.491 e. The third-order valence-corrected chi connectivity index (χ3v) is 7.30. The molecule has 1 N–H and O–H groups in total. The molecular weight excluding hydrogens is 610 g/mol. The number of hydrogen-bond acceptors (Lipinski definition) is 10. The Bertz CT molecular complexity index is 1940. The van der Waals surface area contributed by atoms with Crippen molar-refractivity contribution in [1.29, 1.82) is 0 Å². The highest BCUT2D eigenvalue weighted by atomic mass is 19.1. The van der Waals surface area contributed by atoms with Crippen LogP contribution in [0.3, 0.4) is 0 Å². The van der Waals surface area contributed by atoms with Crippen LogP contribution < -0.4 is 10.1 Å². The van der Waals surface area contributed by atoms with Crippen LogP contribution in [-0.2, 0) is 29.1 Å². The zero-order valence-corrected chi connectivity index (χ0v) is 26.7. The molecule has 2 aromatic carbocycles. The molecule has 0 saturated carbocycles. The lowest BCUT2D eigenvalue weighted by atomic mass is 10.1. The molecule has 6 rings (SSSR count). The minimum absolute atomic E-state index is 0.0673. The van der Waals surface area contributed by atoms with Gasteiger partial charge in [-0.25, -0.2) is 33.5 Å². The van der Waals surface area contributed by atoms with Crippen molar-refractivity contribution in [2.75, 3.05) is 25.6 Å². The predicted octanol–water partition coefficient (Wildman–Crippen LogP) is 5.94. The quantitative estimate of drug-likeness (QED) is 0.193. The number of carbonyl (C=O) groups excluding carboxylic acids is 1. The Labute approximate surface area is 269 Å². The van der Waals surface area contributed by atoms with E-state index in [0.717, 1.165) is 12.1 Å². The third-order valence-electron chi connectivity index (χ3n) is 7.30. The fraction of sp³-hybridized carbons (Fsp3) is 0.333. The van der Waals surface area contributed by atoms with Gasteiger partial charge in [0.1, 0.15) is 52.7 Å². The van der Waals surface area contributed by atoms with Gasteiger partial charge in [-0.1, -0.05) is 18.2 Å². The summed E-state index contributed by atoms with van der Waals surface area (Å²) in [6.07, 6.45) is 1.15. The van der Waals surface area contributed by atoms with Crippen molar-refractivity contribution in [3.63, 3.8) is 0 Å². The highest BCUT2D eigenvalue weighted by Gasteiger charge is 2.32. The molecule has 0 aliphatic carbocycles. The van der Waals surface area contributed by atoms with Crippen molar-refractivity contribution >= 4 is 28.6 Å².